The minimum absolute atomic E-state index is 0.0666. The summed E-state index contributed by atoms with van der Waals surface area (Å²) in [7, 11) is 0. The second-order valence-corrected chi connectivity index (χ2v) is 6.96. The first kappa shape index (κ1) is 16.3. The van der Waals surface area contributed by atoms with Gasteiger partial charge in [-0.05, 0) is 32.6 Å². The molecule has 6 heteroatoms. The van der Waals surface area contributed by atoms with Gasteiger partial charge in [0.1, 0.15) is 0 Å². The van der Waals surface area contributed by atoms with E-state index in [1.807, 2.05) is 21.8 Å². The second kappa shape index (κ2) is 7.34. The third-order valence-electron chi connectivity index (χ3n) is 4.93. The number of nitrogens with one attached hydrogen (secondary N) is 1. The highest BCUT2D eigenvalue weighted by Gasteiger charge is 2.31. The van der Waals surface area contributed by atoms with E-state index >= 15 is 0 Å². The summed E-state index contributed by atoms with van der Waals surface area (Å²) in [5.41, 5.74) is 0. The van der Waals surface area contributed by atoms with Crippen LogP contribution < -0.4 is 5.32 Å². The van der Waals surface area contributed by atoms with Crippen LogP contribution in [0.2, 0.25) is 0 Å². The fourth-order valence-electron chi connectivity index (χ4n) is 3.53. The highest BCUT2D eigenvalue weighted by atomic mass is 16.5. The summed E-state index contributed by atoms with van der Waals surface area (Å²) in [6, 6.07) is 2.07. The Hall–Kier alpha value is -1.56. The van der Waals surface area contributed by atoms with Gasteiger partial charge in [-0.2, -0.15) is 5.10 Å². The van der Waals surface area contributed by atoms with E-state index in [2.05, 4.69) is 24.3 Å². The van der Waals surface area contributed by atoms with Gasteiger partial charge in [0, 0.05) is 31.4 Å². The lowest BCUT2D eigenvalue weighted by atomic mass is 9.84. The van der Waals surface area contributed by atoms with Crippen LogP contribution in [0.1, 0.15) is 52.0 Å². The van der Waals surface area contributed by atoms with Crippen molar-refractivity contribution in [3.05, 3.63) is 12.3 Å². The molecule has 2 amide bonds. The summed E-state index contributed by atoms with van der Waals surface area (Å²) in [5.74, 6) is 1.23. The van der Waals surface area contributed by atoms with Crippen LogP contribution in [0, 0.1) is 5.92 Å². The van der Waals surface area contributed by atoms with Crippen molar-refractivity contribution in [1.82, 2.24) is 14.7 Å². The Balaban J connectivity index is 1.55. The van der Waals surface area contributed by atoms with Gasteiger partial charge in [-0.1, -0.05) is 19.3 Å². The first-order chi connectivity index (χ1) is 11.1. The molecule has 2 fully saturated rings. The Labute approximate surface area is 138 Å². The zero-order chi connectivity index (χ0) is 16.2. The lowest BCUT2D eigenvalue weighted by Gasteiger charge is -2.38. The summed E-state index contributed by atoms with van der Waals surface area (Å²) in [6.45, 7) is 6.11. The molecule has 23 heavy (non-hydrogen) atoms. The summed E-state index contributed by atoms with van der Waals surface area (Å²) < 4.78 is 7.79. The Morgan fingerprint density at radius 2 is 2.13 bits per heavy atom. The van der Waals surface area contributed by atoms with E-state index in [1.165, 1.54) is 32.1 Å². The number of hydrogen-bond acceptors (Lipinski definition) is 3. The zero-order valence-electron chi connectivity index (χ0n) is 14.2. The number of anilines is 1. The van der Waals surface area contributed by atoms with E-state index in [-0.39, 0.29) is 12.1 Å². The van der Waals surface area contributed by atoms with Crippen molar-refractivity contribution >= 4 is 11.8 Å². The first-order valence-corrected chi connectivity index (χ1v) is 8.86. The molecule has 1 N–H and O–H groups in total. The van der Waals surface area contributed by atoms with Crippen LogP contribution >= 0.6 is 0 Å². The molecule has 6 nitrogen and oxygen atoms in total. The van der Waals surface area contributed by atoms with Gasteiger partial charge in [-0.15, -0.1) is 0 Å². The minimum atomic E-state index is -0.0666. The summed E-state index contributed by atoms with van der Waals surface area (Å²) in [6.07, 6.45) is 8.49. The number of ether oxygens (including phenoxy) is 1. The van der Waals surface area contributed by atoms with Crippen molar-refractivity contribution < 1.29 is 9.53 Å². The third-order valence-corrected chi connectivity index (χ3v) is 4.93. The van der Waals surface area contributed by atoms with E-state index in [9.17, 15) is 4.79 Å². The molecule has 1 saturated carbocycles. The molecular weight excluding hydrogens is 292 g/mol. The third kappa shape index (κ3) is 4.05. The fourth-order valence-corrected chi connectivity index (χ4v) is 3.53. The van der Waals surface area contributed by atoms with Gasteiger partial charge in [0.2, 0.25) is 0 Å². The molecule has 1 aliphatic carbocycles. The molecule has 3 rings (SSSR count). The Bertz CT molecular complexity index is 522. The number of carbonyl (C=O) groups is 1. The zero-order valence-corrected chi connectivity index (χ0v) is 14.2. The number of amides is 2. The smallest absolute Gasteiger partial charge is 0.323 e. The van der Waals surface area contributed by atoms with Crippen LogP contribution in [-0.2, 0) is 4.74 Å². The van der Waals surface area contributed by atoms with Crippen molar-refractivity contribution in [2.45, 2.75) is 58.1 Å². The predicted octanol–water partition coefficient (Wildman–Crippen LogP) is 3.28. The number of morpholine rings is 1. The van der Waals surface area contributed by atoms with Crippen LogP contribution in [0.15, 0.2) is 12.3 Å². The van der Waals surface area contributed by atoms with E-state index in [0.29, 0.717) is 37.5 Å². The lowest BCUT2D eigenvalue weighted by Crippen LogP contribution is -2.50. The van der Waals surface area contributed by atoms with Crippen LogP contribution in [0.25, 0.3) is 0 Å². The molecule has 0 radical (unpaired) electrons. The van der Waals surface area contributed by atoms with Gasteiger partial charge < -0.3 is 9.64 Å². The fraction of sp³-hybridized carbons (Fsp3) is 0.765. The Kier molecular flexibility index (Phi) is 5.20. The monoisotopic (exact) mass is 320 g/mol. The molecule has 0 bridgehead atoms. The van der Waals surface area contributed by atoms with Crippen LogP contribution in [0.5, 0.6) is 0 Å². The maximum Gasteiger partial charge on any atom is 0.323 e. The molecule has 128 valence electrons. The summed E-state index contributed by atoms with van der Waals surface area (Å²) in [5, 5.41) is 7.29. The molecule has 0 unspecified atom stereocenters. The first-order valence-electron chi connectivity index (χ1n) is 8.86. The van der Waals surface area contributed by atoms with Gasteiger partial charge in [0.05, 0.1) is 12.7 Å². The minimum Gasteiger partial charge on any atom is -0.374 e. The molecule has 1 atom stereocenters. The largest absolute Gasteiger partial charge is 0.374 e. The summed E-state index contributed by atoms with van der Waals surface area (Å²) >= 11 is 0. The number of rotatable bonds is 3. The normalized spacial score (nSPS) is 23.3. The van der Waals surface area contributed by atoms with Gasteiger partial charge >= 0.3 is 6.03 Å². The summed E-state index contributed by atoms with van der Waals surface area (Å²) in [4.78, 5) is 14.4. The number of aromatic nitrogens is 2. The van der Waals surface area contributed by atoms with Gasteiger partial charge in [0.25, 0.3) is 0 Å². The van der Waals surface area contributed by atoms with Gasteiger partial charge in [-0.25, -0.2) is 4.79 Å². The molecule has 1 saturated heterocycles. The number of nitrogens with zero attached hydrogens (tertiary/aromatic N) is 3. The van der Waals surface area contributed by atoms with Crippen LogP contribution in [-0.4, -0.2) is 46.5 Å². The van der Waals surface area contributed by atoms with Gasteiger partial charge in [0.15, 0.2) is 5.82 Å². The van der Waals surface area contributed by atoms with Crippen molar-refractivity contribution in [2.75, 3.05) is 25.0 Å². The van der Waals surface area contributed by atoms with Gasteiger partial charge in [-0.3, -0.25) is 10.00 Å². The highest BCUT2D eigenvalue weighted by Crippen LogP contribution is 2.29. The lowest BCUT2D eigenvalue weighted by molar-refractivity contribution is -0.0511. The maximum absolute atomic E-state index is 12.5. The van der Waals surface area contributed by atoms with Crippen LogP contribution in [0.3, 0.4) is 0 Å². The standard InChI is InChI=1S/C17H28N4O2/c1-13(2)21-9-8-16(19-21)18-17(22)20-10-11-23-15(12-20)14-6-4-3-5-7-14/h8-9,13-15H,3-7,10-12H2,1-2H3,(H,18,19,22)/t15-/m0/s1. The highest BCUT2D eigenvalue weighted by molar-refractivity contribution is 5.88. The molecule has 2 heterocycles. The van der Waals surface area contributed by atoms with E-state index in [1.54, 1.807) is 0 Å². The van der Waals surface area contributed by atoms with Crippen LogP contribution in [0.4, 0.5) is 10.6 Å². The van der Waals surface area contributed by atoms with Crippen molar-refractivity contribution in [1.29, 1.82) is 0 Å². The number of carbonyl (C=O) groups excluding carboxylic acids is 1. The number of urea groups is 1. The van der Waals surface area contributed by atoms with E-state index in [4.69, 9.17) is 4.74 Å². The SMILES string of the molecule is CC(C)n1ccc(NC(=O)N2CCO[C@H](C3CCCCC3)C2)n1. The number of hydrogen-bond donors (Lipinski definition) is 1. The molecule has 1 aromatic rings. The van der Waals surface area contributed by atoms with Crippen molar-refractivity contribution in [2.24, 2.45) is 5.92 Å². The molecule has 2 aliphatic rings. The van der Waals surface area contributed by atoms with E-state index in [0.717, 1.165) is 0 Å². The molecule has 0 aromatic carbocycles. The molecule has 0 spiro atoms. The molecular formula is C17H28N4O2. The maximum atomic E-state index is 12.5. The average molecular weight is 320 g/mol. The Morgan fingerprint density at radius 3 is 2.83 bits per heavy atom. The Morgan fingerprint density at radius 1 is 1.35 bits per heavy atom. The molecule has 1 aromatic heterocycles. The van der Waals surface area contributed by atoms with Crippen molar-refractivity contribution in [3.8, 4) is 0 Å². The topological polar surface area (TPSA) is 59.4 Å². The average Bonchev–Trinajstić information content (AvgIpc) is 3.04. The predicted molar refractivity (Wildman–Crippen MR) is 89.5 cm³/mol. The molecule has 1 aliphatic heterocycles. The quantitative estimate of drug-likeness (QED) is 0.930. The van der Waals surface area contributed by atoms with E-state index < -0.39 is 0 Å². The van der Waals surface area contributed by atoms with Crippen molar-refractivity contribution in [3.63, 3.8) is 0 Å². The second-order valence-electron chi connectivity index (χ2n) is 6.96.